The van der Waals surface area contributed by atoms with Gasteiger partial charge in [0.1, 0.15) is 5.75 Å². The summed E-state index contributed by atoms with van der Waals surface area (Å²) in [5.74, 6) is -0.527. The lowest BCUT2D eigenvalue weighted by molar-refractivity contribution is 0.102. The number of carbonyl (C=O) groups excluding carboxylic acids is 1. The fourth-order valence-electron chi connectivity index (χ4n) is 1.50. The van der Waals surface area contributed by atoms with Crippen molar-refractivity contribution in [2.75, 3.05) is 5.32 Å². The third-order valence-electron chi connectivity index (χ3n) is 2.46. The van der Waals surface area contributed by atoms with Gasteiger partial charge in [0, 0.05) is 10.0 Å². The molecule has 2 rings (SSSR count). The number of amides is 1. The largest absolute Gasteiger partial charge is 0.506 e. The average molecular weight is 395 g/mol. The van der Waals surface area contributed by atoms with Crippen molar-refractivity contribution in [1.29, 1.82) is 0 Å². The Hall–Kier alpha value is -0.940. The van der Waals surface area contributed by atoms with Crippen LogP contribution >= 0.6 is 50.7 Å². The lowest BCUT2D eigenvalue weighted by Gasteiger charge is -2.10. The van der Waals surface area contributed by atoms with Crippen molar-refractivity contribution in [3.8, 4) is 5.75 Å². The Kier molecular flexibility index (Phi) is 4.81. The molecule has 2 aromatic rings. The summed E-state index contributed by atoms with van der Waals surface area (Å²) in [4.78, 5) is 12.1. The van der Waals surface area contributed by atoms with Crippen LogP contribution in [0.25, 0.3) is 0 Å². The van der Waals surface area contributed by atoms with Crippen LogP contribution in [0.15, 0.2) is 34.8 Å². The number of phenolic OH excluding ortho intramolecular Hbond substituents is 1. The molecular weight excluding hydrogens is 388 g/mol. The van der Waals surface area contributed by atoms with Crippen LogP contribution in [0, 0.1) is 0 Å². The molecule has 0 atom stereocenters. The highest BCUT2D eigenvalue weighted by atomic mass is 79.9. The molecule has 0 aliphatic heterocycles. The molecule has 7 heteroatoms. The molecule has 104 valence electrons. The Morgan fingerprint density at radius 1 is 1.05 bits per heavy atom. The van der Waals surface area contributed by atoms with Crippen molar-refractivity contribution in [3.05, 3.63) is 55.4 Å². The van der Waals surface area contributed by atoms with Crippen molar-refractivity contribution >= 4 is 62.3 Å². The topological polar surface area (TPSA) is 49.3 Å². The fraction of sp³-hybridized carbons (Fsp3) is 0. The van der Waals surface area contributed by atoms with Crippen LogP contribution in [0.2, 0.25) is 15.1 Å². The van der Waals surface area contributed by atoms with Gasteiger partial charge in [-0.3, -0.25) is 4.79 Å². The van der Waals surface area contributed by atoms with Gasteiger partial charge in [-0.15, -0.1) is 0 Å². The number of rotatable bonds is 2. The molecule has 0 heterocycles. The Balaban J connectivity index is 2.30. The van der Waals surface area contributed by atoms with E-state index in [1.165, 1.54) is 18.2 Å². The zero-order valence-electron chi connectivity index (χ0n) is 9.75. The van der Waals surface area contributed by atoms with Gasteiger partial charge in [-0.1, -0.05) is 50.7 Å². The van der Waals surface area contributed by atoms with E-state index in [2.05, 4.69) is 21.2 Å². The molecule has 2 N–H and O–H groups in total. The second-order valence-electron chi connectivity index (χ2n) is 3.86. The maximum absolute atomic E-state index is 12.1. The standard InChI is InChI=1S/C13H7BrCl3NO2/c14-7-4-9(16)12(10(17)5-7)18-13(20)6-1-2-11(19)8(15)3-6/h1-5,19H,(H,18,20). The molecule has 0 radical (unpaired) electrons. The first-order valence-corrected chi connectivity index (χ1v) is 7.25. The van der Waals surface area contributed by atoms with Gasteiger partial charge < -0.3 is 10.4 Å². The normalized spacial score (nSPS) is 10.4. The number of anilines is 1. The Bertz CT molecular complexity index is 668. The van der Waals surface area contributed by atoms with E-state index in [4.69, 9.17) is 34.8 Å². The summed E-state index contributed by atoms with van der Waals surface area (Å²) in [5, 5.41) is 12.6. The smallest absolute Gasteiger partial charge is 0.255 e. The minimum atomic E-state index is -0.432. The van der Waals surface area contributed by atoms with Gasteiger partial charge in [0.05, 0.1) is 20.8 Å². The number of hydrogen-bond donors (Lipinski definition) is 2. The van der Waals surface area contributed by atoms with Gasteiger partial charge >= 0.3 is 0 Å². The van der Waals surface area contributed by atoms with Crippen LogP contribution in [0.4, 0.5) is 5.69 Å². The molecule has 20 heavy (non-hydrogen) atoms. The molecule has 0 saturated heterocycles. The zero-order valence-corrected chi connectivity index (χ0v) is 13.6. The van der Waals surface area contributed by atoms with Crippen LogP contribution in [0.1, 0.15) is 10.4 Å². The van der Waals surface area contributed by atoms with Crippen molar-refractivity contribution in [3.63, 3.8) is 0 Å². The predicted molar refractivity (Wildman–Crippen MR) is 85.2 cm³/mol. The van der Waals surface area contributed by atoms with Crippen LogP contribution < -0.4 is 5.32 Å². The quantitative estimate of drug-likeness (QED) is 0.718. The third kappa shape index (κ3) is 3.38. The minimum Gasteiger partial charge on any atom is -0.506 e. The number of nitrogens with one attached hydrogen (secondary N) is 1. The number of halogens is 4. The monoisotopic (exact) mass is 393 g/mol. The van der Waals surface area contributed by atoms with Gasteiger partial charge in [0.2, 0.25) is 0 Å². The molecule has 2 aromatic carbocycles. The first kappa shape index (κ1) is 15.4. The number of phenols is 1. The van der Waals surface area contributed by atoms with Gasteiger partial charge in [0.25, 0.3) is 5.91 Å². The molecule has 0 aliphatic carbocycles. The summed E-state index contributed by atoms with van der Waals surface area (Å²) in [6.45, 7) is 0. The number of benzene rings is 2. The van der Waals surface area contributed by atoms with Crippen molar-refractivity contribution < 1.29 is 9.90 Å². The molecule has 0 unspecified atom stereocenters. The van der Waals surface area contributed by atoms with E-state index in [-0.39, 0.29) is 16.3 Å². The summed E-state index contributed by atoms with van der Waals surface area (Å²) in [5.41, 5.74) is 0.591. The van der Waals surface area contributed by atoms with Crippen LogP contribution in [-0.4, -0.2) is 11.0 Å². The molecular formula is C13H7BrCl3NO2. The van der Waals surface area contributed by atoms with E-state index in [0.717, 1.165) is 0 Å². The van der Waals surface area contributed by atoms with Gasteiger partial charge in [-0.2, -0.15) is 0 Å². The Morgan fingerprint density at radius 2 is 1.65 bits per heavy atom. The summed E-state index contributed by atoms with van der Waals surface area (Å²) >= 11 is 21.1. The van der Waals surface area contributed by atoms with E-state index < -0.39 is 5.91 Å². The third-order valence-corrected chi connectivity index (χ3v) is 3.81. The lowest BCUT2D eigenvalue weighted by Crippen LogP contribution is -2.12. The molecule has 0 fully saturated rings. The Labute approximate surface area is 138 Å². The molecule has 0 bridgehead atoms. The van der Waals surface area contributed by atoms with Crippen LogP contribution in [0.3, 0.4) is 0 Å². The molecule has 1 amide bonds. The second kappa shape index (κ2) is 6.22. The molecule has 0 aromatic heterocycles. The summed E-state index contributed by atoms with van der Waals surface area (Å²) in [6.07, 6.45) is 0. The fourth-order valence-corrected chi connectivity index (χ4v) is 2.98. The zero-order chi connectivity index (χ0) is 14.9. The van der Waals surface area contributed by atoms with E-state index in [0.29, 0.717) is 20.2 Å². The number of aromatic hydroxyl groups is 1. The summed E-state index contributed by atoms with van der Waals surface area (Å²) in [7, 11) is 0. The number of carbonyl (C=O) groups is 1. The second-order valence-corrected chi connectivity index (χ2v) is 6.00. The maximum Gasteiger partial charge on any atom is 0.255 e. The lowest BCUT2D eigenvalue weighted by atomic mass is 10.2. The molecule has 3 nitrogen and oxygen atoms in total. The minimum absolute atomic E-state index is 0.0886. The van der Waals surface area contributed by atoms with Crippen molar-refractivity contribution in [2.45, 2.75) is 0 Å². The highest BCUT2D eigenvalue weighted by Crippen LogP contribution is 2.34. The highest BCUT2D eigenvalue weighted by molar-refractivity contribution is 9.10. The van der Waals surface area contributed by atoms with Crippen molar-refractivity contribution in [2.24, 2.45) is 0 Å². The van der Waals surface area contributed by atoms with E-state index in [9.17, 15) is 9.90 Å². The molecule has 0 aliphatic rings. The van der Waals surface area contributed by atoms with Gasteiger partial charge in [-0.25, -0.2) is 0 Å². The summed E-state index contributed by atoms with van der Waals surface area (Å²) < 4.78 is 0.707. The van der Waals surface area contributed by atoms with E-state index in [1.54, 1.807) is 12.1 Å². The maximum atomic E-state index is 12.1. The molecule has 0 saturated carbocycles. The Morgan fingerprint density at radius 3 is 2.20 bits per heavy atom. The number of hydrogen-bond acceptors (Lipinski definition) is 2. The predicted octanol–water partition coefficient (Wildman–Crippen LogP) is 5.37. The van der Waals surface area contributed by atoms with E-state index in [1.807, 2.05) is 0 Å². The molecule has 0 spiro atoms. The summed E-state index contributed by atoms with van der Waals surface area (Å²) in [6, 6.07) is 7.37. The van der Waals surface area contributed by atoms with Crippen LogP contribution in [0.5, 0.6) is 5.75 Å². The average Bonchev–Trinajstić information content (AvgIpc) is 2.36. The highest BCUT2D eigenvalue weighted by Gasteiger charge is 2.13. The van der Waals surface area contributed by atoms with E-state index >= 15 is 0 Å². The van der Waals surface area contributed by atoms with Crippen molar-refractivity contribution in [1.82, 2.24) is 0 Å². The first-order valence-electron chi connectivity index (χ1n) is 5.33. The van der Waals surface area contributed by atoms with Crippen LogP contribution in [-0.2, 0) is 0 Å². The van der Waals surface area contributed by atoms with Gasteiger partial charge in [-0.05, 0) is 30.3 Å². The SMILES string of the molecule is O=C(Nc1c(Cl)cc(Br)cc1Cl)c1ccc(O)c(Cl)c1. The first-order chi connectivity index (χ1) is 9.38. The van der Waals surface area contributed by atoms with Gasteiger partial charge in [0.15, 0.2) is 0 Å².